The normalized spacial score (nSPS) is 10.9. The van der Waals surface area contributed by atoms with E-state index in [0.717, 1.165) is 22.3 Å². The van der Waals surface area contributed by atoms with Gasteiger partial charge in [-0.1, -0.05) is 64.1 Å². The van der Waals surface area contributed by atoms with E-state index in [1.165, 1.54) is 0 Å². The van der Waals surface area contributed by atoms with Gasteiger partial charge in [-0.3, -0.25) is 9.59 Å². The summed E-state index contributed by atoms with van der Waals surface area (Å²) in [5, 5.41) is 5.67. The maximum absolute atomic E-state index is 12.7. The molecule has 190 valence electrons. The molecule has 0 atom stereocenters. The van der Waals surface area contributed by atoms with Crippen LogP contribution in [0.5, 0.6) is 11.5 Å². The minimum absolute atomic E-state index is 0.139. The van der Waals surface area contributed by atoms with E-state index in [9.17, 15) is 9.59 Å². The molecule has 3 aromatic rings. The van der Waals surface area contributed by atoms with Crippen LogP contribution in [0.1, 0.15) is 61.8 Å². The van der Waals surface area contributed by atoms with Crippen LogP contribution in [0.3, 0.4) is 0 Å². The van der Waals surface area contributed by atoms with E-state index >= 15 is 0 Å². The highest BCUT2D eigenvalue weighted by Crippen LogP contribution is 2.29. The van der Waals surface area contributed by atoms with Crippen molar-refractivity contribution >= 4 is 23.2 Å². The number of nitrogens with one attached hydrogen (secondary N) is 2. The summed E-state index contributed by atoms with van der Waals surface area (Å²) >= 11 is 0. The molecule has 0 fully saturated rings. The molecule has 0 spiro atoms. The van der Waals surface area contributed by atoms with Crippen molar-refractivity contribution in [1.29, 1.82) is 0 Å². The lowest BCUT2D eigenvalue weighted by molar-refractivity contribution is -0.119. The number of hydrogen-bond acceptors (Lipinski definition) is 4. The molecule has 2 N–H and O–H groups in total. The van der Waals surface area contributed by atoms with Gasteiger partial charge in [0.25, 0.3) is 11.8 Å². The summed E-state index contributed by atoms with van der Waals surface area (Å²) in [6.07, 6.45) is 0. The van der Waals surface area contributed by atoms with Crippen molar-refractivity contribution in [2.24, 2.45) is 0 Å². The smallest absolute Gasteiger partial charge is 0.262 e. The summed E-state index contributed by atoms with van der Waals surface area (Å²) in [5.41, 5.74) is 5.22. The van der Waals surface area contributed by atoms with Gasteiger partial charge in [-0.05, 0) is 72.2 Å². The molecule has 0 aromatic heterocycles. The van der Waals surface area contributed by atoms with Gasteiger partial charge in [-0.15, -0.1) is 0 Å². The number of aryl methyl sites for hydroxylation is 2. The zero-order valence-corrected chi connectivity index (χ0v) is 22.0. The van der Waals surface area contributed by atoms with E-state index in [-0.39, 0.29) is 36.9 Å². The van der Waals surface area contributed by atoms with Crippen LogP contribution in [0.25, 0.3) is 0 Å². The highest BCUT2D eigenvalue weighted by molar-refractivity contribution is 6.00. The van der Waals surface area contributed by atoms with Crippen LogP contribution in [0, 0.1) is 13.8 Å². The van der Waals surface area contributed by atoms with Crippen molar-refractivity contribution in [1.82, 2.24) is 0 Å². The van der Waals surface area contributed by atoms with Gasteiger partial charge in [0.2, 0.25) is 0 Å². The number of carbonyl (C=O) groups is 2. The Morgan fingerprint density at radius 3 is 1.42 bits per heavy atom. The fourth-order valence-corrected chi connectivity index (χ4v) is 3.85. The van der Waals surface area contributed by atoms with E-state index in [1.807, 2.05) is 50.2 Å². The molecular formula is C30H36N2O4. The first-order chi connectivity index (χ1) is 17.1. The van der Waals surface area contributed by atoms with Crippen molar-refractivity contribution in [2.45, 2.75) is 53.4 Å². The molecule has 0 heterocycles. The van der Waals surface area contributed by atoms with Crippen molar-refractivity contribution in [3.63, 3.8) is 0 Å². The number of hydrogen-bond donors (Lipinski definition) is 2. The van der Waals surface area contributed by atoms with Crippen molar-refractivity contribution < 1.29 is 19.1 Å². The molecule has 36 heavy (non-hydrogen) atoms. The Morgan fingerprint density at radius 1 is 0.667 bits per heavy atom. The first-order valence-corrected chi connectivity index (χ1v) is 12.3. The van der Waals surface area contributed by atoms with Crippen LogP contribution in [0.15, 0.2) is 60.7 Å². The second-order valence-electron chi connectivity index (χ2n) is 9.61. The lowest BCUT2D eigenvalue weighted by atomic mass is 10.0. The number of amides is 2. The minimum atomic E-state index is -0.314. The molecule has 0 aliphatic carbocycles. The van der Waals surface area contributed by atoms with E-state index in [1.54, 1.807) is 24.3 Å². The average Bonchev–Trinajstić information content (AvgIpc) is 2.82. The largest absolute Gasteiger partial charge is 0.483 e. The molecule has 6 heteroatoms. The second-order valence-corrected chi connectivity index (χ2v) is 9.61. The standard InChI is InChI=1S/C30H36N2O4/c1-19(2)23-13-11-21(5)15-27(23)35-17-29(33)31-25-9-7-8-10-26(25)32-30(34)18-36-28-16-22(6)12-14-24(28)20(3)4/h7-16,19-20H,17-18H2,1-6H3,(H,31,33)(H,32,34). The lowest BCUT2D eigenvalue weighted by Gasteiger charge is -2.16. The lowest BCUT2D eigenvalue weighted by Crippen LogP contribution is -2.24. The summed E-state index contributed by atoms with van der Waals surface area (Å²) in [6, 6.07) is 19.1. The van der Waals surface area contributed by atoms with Crippen LogP contribution in [0.4, 0.5) is 11.4 Å². The fourth-order valence-electron chi connectivity index (χ4n) is 3.85. The third-order valence-electron chi connectivity index (χ3n) is 5.77. The Balaban J connectivity index is 1.61. The SMILES string of the molecule is Cc1ccc(C(C)C)c(OCC(=O)Nc2ccccc2NC(=O)COc2cc(C)ccc2C(C)C)c1. The summed E-state index contributed by atoms with van der Waals surface area (Å²) in [4.78, 5) is 25.3. The first kappa shape index (κ1) is 26.8. The molecule has 0 aliphatic heterocycles. The van der Waals surface area contributed by atoms with Crippen LogP contribution < -0.4 is 20.1 Å². The number of para-hydroxylation sites is 2. The second kappa shape index (κ2) is 12.2. The zero-order chi connectivity index (χ0) is 26.2. The number of rotatable bonds is 10. The monoisotopic (exact) mass is 488 g/mol. The van der Waals surface area contributed by atoms with Gasteiger partial charge in [0.05, 0.1) is 11.4 Å². The van der Waals surface area contributed by atoms with Gasteiger partial charge in [-0.25, -0.2) is 0 Å². The third-order valence-corrected chi connectivity index (χ3v) is 5.77. The molecule has 0 saturated heterocycles. The van der Waals surface area contributed by atoms with Gasteiger partial charge < -0.3 is 20.1 Å². The summed E-state index contributed by atoms with van der Waals surface area (Å²) in [7, 11) is 0. The van der Waals surface area contributed by atoms with Gasteiger partial charge in [0, 0.05) is 0 Å². The predicted octanol–water partition coefficient (Wildman–Crippen LogP) is 6.59. The zero-order valence-electron chi connectivity index (χ0n) is 22.0. The molecule has 0 saturated carbocycles. The summed E-state index contributed by atoms with van der Waals surface area (Å²) in [6.45, 7) is 12.0. The van der Waals surface area contributed by atoms with E-state index < -0.39 is 0 Å². The molecular weight excluding hydrogens is 452 g/mol. The van der Waals surface area contributed by atoms with E-state index in [4.69, 9.17) is 9.47 Å². The number of anilines is 2. The average molecular weight is 489 g/mol. The van der Waals surface area contributed by atoms with Gasteiger partial charge in [-0.2, -0.15) is 0 Å². The molecule has 6 nitrogen and oxygen atoms in total. The Labute approximate surface area is 214 Å². The highest BCUT2D eigenvalue weighted by Gasteiger charge is 2.14. The number of benzene rings is 3. The Bertz CT molecular complexity index is 1120. The van der Waals surface area contributed by atoms with E-state index in [0.29, 0.717) is 22.9 Å². The molecule has 0 aliphatic rings. The van der Waals surface area contributed by atoms with Gasteiger partial charge in [0.15, 0.2) is 13.2 Å². The Hall–Kier alpha value is -3.80. The molecule has 3 rings (SSSR count). The van der Waals surface area contributed by atoms with Crippen LogP contribution >= 0.6 is 0 Å². The molecule has 2 amide bonds. The van der Waals surface area contributed by atoms with Gasteiger partial charge >= 0.3 is 0 Å². The third kappa shape index (κ3) is 7.35. The maximum atomic E-state index is 12.7. The quantitative estimate of drug-likeness (QED) is 0.338. The number of ether oxygens (including phenoxy) is 2. The Morgan fingerprint density at radius 2 is 1.06 bits per heavy atom. The summed E-state index contributed by atoms with van der Waals surface area (Å²) in [5.74, 6) is 1.33. The van der Waals surface area contributed by atoms with Crippen molar-refractivity contribution in [3.05, 3.63) is 82.9 Å². The highest BCUT2D eigenvalue weighted by atomic mass is 16.5. The maximum Gasteiger partial charge on any atom is 0.262 e. The Kier molecular flexibility index (Phi) is 9.12. The predicted molar refractivity (Wildman–Crippen MR) is 145 cm³/mol. The van der Waals surface area contributed by atoms with Crippen LogP contribution in [0.2, 0.25) is 0 Å². The summed E-state index contributed by atoms with van der Waals surface area (Å²) < 4.78 is 11.7. The van der Waals surface area contributed by atoms with Gasteiger partial charge in [0.1, 0.15) is 11.5 Å². The van der Waals surface area contributed by atoms with E-state index in [2.05, 4.69) is 38.3 Å². The molecule has 0 bridgehead atoms. The molecule has 3 aromatic carbocycles. The molecule has 0 radical (unpaired) electrons. The van der Waals surface area contributed by atoms with Crippen LogP contribution in [-0.2, 0) is 9.59 Å². The van der Waals surface area contributed by atoms with Crippen molar-refractivity contribution in [3.8, 4) is 11.5 Å². The molecule has 0 unspecified atom stereocenters. The number of carbonyl (C=O) groups excluding carboxylic acids is 2. The topological polar surface area (TPSA) is 76.7 Å². The fraction of sp³-hybridized carbons (Fsp3) is 0.333. The first-order valence-electron chi connectivity index (χ1n) is 12.3. The van der Waals surface area contributed by atoms with Crippen LogP contribution in [-0.4, -0.2) is 25.0 Å². The minimum Gasteiger partial charge on any atom is -0.483 e. The van der Waals surface area contributed by atoms with Crippen molar-refractivity contribution in [2.75, 3.05) is 23.8 Å².